The van der Waals surface area contributed by atoms with Gasteiger partial charge < -0.3 is 20.4 Å². The second-order valence-corrected chi connectivity index (χ2v) is 3.49. The number of H-pyrrole nitrogens is 1. The Morgan fingerprint density at radius 1 is 1.67 bits per heavy atom. The maximum absolute atomic E-state index is 11.5. The summed E-state index contributed by atoms with van der Waals surface area (Å²) in [4.78, 5) is 32.0. The van der Waals surface area contributed by atoms with Gasteiger partial charge in [-0.25, -0.2) is 4.98 Å². The third kappa shape index (κ3) is 2.21. The van der Waals surface area contributed by atoms with Crippen LogP contribution >= 0.6 is 0 Å². The Kier molecular flexibility index (Phi) is 3.35. The summed E-state index contributed by atoms with van der Waals surface area (Å²) in [5.74, 6) is -0.0386. The summed E-state index contributed by atoms with van der Waals surface area (Å²) in [6, 6.07) is 0. The van der Waals surface area contributed by atoms with E-state index in [0.717, 1.165) is 0 Å². The monoisotopic (exact) mass is 253 g/mol. The van der Waals surface area contributed by atoms with Crippen LogP contribution in [0.3, 0.4) is 0 Å². The highest BCUT2D eigenvalue weighted by Gasteiger charge is 2.11. The Balaban J connectivity index is 2.29. The van der Waals surface area contributed by atoms with Gasteiger partial charge >= 0.3 is 0 Å². The van der Waals surface area contributed by atoms with Gasteiger partial charge in [-0.1, -0.05) is 0 Å². The molecule has 2 heterocycles. The molecule has 0 bridgehead atoms. The van der Waals surface area contributed by atoms with Gasteiger partial charge in [0.1, 0.15) is 12.8 Å². The highest BCUT2D eigenvalue weighted by molar-refractivity contribution is 5.70. The predicted molar refractivity (Wildman–Crippen MR) is 60.6 cm³/mol. The number of nitrogen functional groups attached to an aromatic ring is 1. The van der Waals surface area contributed by atoms with Gasteiger partial charge in [0.2, 0.25) is 5.95 Å². The number of aromatic amines is 1. The van der Waals surface area contributed by atoms with Crippen molar-refractivity contribution in [3.05, 3.63) is 16.7 Å². The molecule has 0 aliphatic carbocycles. The Labute approximate surface area is 100 Å². The molecule has 18 heavy (non-hydrogen) atoms. The number of carbonyl (C=O) groups is 1. The number of aldehydes is 1. The van der Waals surface area contributed by atoms with Crippen molar-refractivity contribution in [3.8, 4) is 0 Å². The summed E-state index contributed by atoms with van der Waals surface area (Å²) >= 11 is 0. The average Bonchev–Trinajstić information content (AvgIpc) is 2.74. The number of anilines is 1. The number of rotatable bonds is 5. The van der Waals surface area contributed by atoms with E-state index >= 15 is 0 Å². The number of aliphatic hydroxyl groups is 1. The molecule has 2 aromatic heterocycles. The topological polar surface area (TPSA) is 136 Å². The van der Waals surface area contributed by atoms with E-state index in [4.69, 9.17) is 15.6 Å². The lowest BCUT2D eigenvalue weighted by molar-refractivity contribution is -0.123. The van der Waals surface area contributed by atoms with Crippen LogP contribution < -0.4 is 11.3 Å². The van der Waals surface area contributed by atoms with E-state index in [1.54, 1.807) is 0 Å². The van der Waals surface area contributed by atoms with Gasteiger partial charge in [0.15, 0.2) is 17.5 Å². The maximum Gasteiger partial charge on any atom is 0.280 e. The highest BCUT2D eigenvalue weighted by atomic mass is 16.5. The van der Waals surface area contributed by atoms with Crippen LogP contribution in [0.4, 0.5) is 5.95 Å². The zero-order valence-electron chi connectivity index (χ0n) is 9.24. The Morgan fingerprint density at radius 3 is 3.11 bits per heavy atom. The standard InChI is InChI=1S/C9H11N5O4/c10-9-12-7-6(8(17)13-9)11-3-14(7)4-18-5(1-15)2-16/h1,3,5,16H,2,4H2,(H3,10,12,13,17). The number of hydrogen-bond donors (Lipinski definition) is 3. The van der Waals surface area contributed by atoms with Crippen molar-refractivity contribution in [1.29, 1.82) is 0 Å². The van der Waals surface area contributed by atoms with Gasteiger partial charge in [0.05, 0.1) is 12.9 Å². The van der Waals surface area contributed by atoms with Crippen molar-refractivity contribution in [3.63, 3.8) is 0 Å². The molecule has 9 heteroatoms. The smallest absolute Gasteiger partial charge is 0.280 e. The molecule has 0 aliphatic rings. The normalized spacial score (nSPS) is 12.7. The van der Waals surface area contributed by atoms with E-state index in [0.29, 0.717) is 6.29 Å². The molecule has 1 unspecified atom stereocenters. The molecule has 0 amide bonds. The van der Waals surface area contributed by atoms with Gasteiger partial charge in [0, 0.05) is 0 Å². The van der Waals surface area contributed by atoms with Gasteiger partial charge in [0.25, 0.3) is 5.56 Å². The predicted octanol–water partition coefficient (Wildman–Crippen LogP) is -1.76. The first kappa shape index (κ1) is 12.2. The lowest BCUT2D eigenvalue weighted by atomic mass is 10.4. The minimum atomic E-state index is -0.929. The van der Waals surface area contributed by atoms with E-state index in [1.807, 2.05) is 0 Å². The number of nitrogens with zero attached hydrogens (tertiary/aromatic N) is 3. The molecular weight excluding hydrogens is 242 g/mol. The molecule has 1 atom stereocenters. The highest BCUT2D eigenvalue weighted by Crippen LogP contribution is 2.06. The van der Waals surface area contributed by atoms with E-state index in [1.165, 1.54) is 10.9 Å². The molecular formula is C9H11N5O4. The van der Waals surface area contributed by atoms with Crippen LogP contribution in [-0.2, 0) is 16.3 Å². The fraction of sp³-hybridized carbons (Fsp3) is 0.333. The number of nitrogens with two attached hydrogens (primary N) is 1. The summed E-state index contributed by atoms with van der Waals surface area (Å²) in [6.45, 7) is -0.497. The second kappa shape index (κ2) is 4.94. The first-order chi connectivity index (χ1) is 8.65. The van der Waals surface area contributed by atoms with Crippen molar-refractivity contribution >= 4 is 23.4 Å². The summed E-state index contributed by atoms with van der Waals surface area (Å²) in [5.41, 5.74) is 5.34. The fourth-order valence-electron chi connectivity index (χ4n) is 1.38. The molecule has 96 valence electrons. The second-order valence-electron chi connectivity index (χ2n) is 3.49. The van der Waals surface area contributed by atoms with Crippen molar-refractivity contribution in [1.82, 2.24) is 19.5 Å². The summed E-state index contributed by atoms with van der Waals surface area (Å²) in [7, 11) is 0. The lowest BCUT2D eigenvalue weighted by Gasteiger charge is -2.09. The van der Waals surface area contributed by atoms with E-state index < -0.39 is 18.3 Å². The van der Waals surface area contributed by atoms with Crippen molar-refractivity contribution in [2.75, 3.05) is 12.3 Å². The number of aliphatic hydroxyl groups excluding tert-OH is 1. The molecule has 9 nitrogen and oxygen atoms in total. The molecule has 2 aromatic rings. The largest absolute Gasteiger partial charge is 0.393 e. The molecule has 2 rings (SSSR count). The van der Waals surface area contributed by atoms with Crippen LogP contribution in [0.25, 0.3) is 11.2 Å². The molecule has 0 saturated heterocycles. The molecule has 0 fully saturated rings. The number of carbonyl (C=O) groups excluding carboxylic acids is 1. The van der Waals surface area contributed by atoms with Crippen LogP contribution in [0.1, 0.15) is 0 Å². The Hall–Kier alpha value is -2.26. The third-order valence-electron chi connectivity index (χ3n) is 2.25. The number of nitrogens with one attached hydrogen (secondary N) is 1. The molecule has 0 radical (unpaired) electrons. The first-order valence-electron chi connectivity index (χ1n) is 5.04. The summed E-state index contributed by atoms with van der Waals surface area (Å²) < 4.78 is 6.49. The molecule has 0 aliphatic heterocycles. The Morgan fingerprint density at radius 2 is 2.44 bits per heavy atom. The van der Waals surface area contributed by atoms with E-state index in [9.17, 15) is 9.59 Å². The number of aromatic nitrogens is 4. The lowest BCUT2D eigenvalue weighted by Crippen LogP contribution is -2.21. The molecule has 0 spiro atoms. The van der Waals surface area contributed by atoms with Gasteiger partial charge in [-0.3, -0.25) is 14.3 Å². The van der Waals surface area contributed by atoms with Crippen LogP contribution in [0, 0.1) is 0 Å². The van der Waals surface area contributed by atoms with E-state index in [-0.39, 0.29) is 23.8 Å². The van der Waals surface area contributed by atoms with E-state index in [2.05, 4.69) is 15.0 Å². The van der Waals surface area contributed by atoms with Crippen LogP contribution in [0.5, 0.6) is 0 Å². The molecule has 0 saturated carbocycles. The zero-order chi connectivity index (χ0) is 13.1. The van der Waals surface area contributed by atoms with Crippen LogP contribution in [-0.4, -0.2) is 43.6 Å². The van der Waals surface area contributed by atoms with Gasteiger partial charge in [-0.2, -0.15) is 4.98 Å². The Bertz CT molecular complexity index is 619. The van der Waals surface area contributed by atoms with Gasteiger partial charge in [-0.15, -0.1) is 0 Å². The fourth-order valence-corrected chi connectivity index (χ4v) is 1.38. The van der Waals surface area contributed by atoms with Crippen LogP contribution in [0.2, 0.25) is 0 Å². The summed E-state index contributed by atoms with van der Waals surface area (Å²) in [5, 5.41) is 8.78. The minimum absolute atomic E-state index is 0.0386. The molecule has 4 N–H and O–H groups in total. The third-order valence-corrected chi connectivity index (χ3v) is 2.25. The maximum atomic E-state index is 11.5. The zero-order valence-corrected chi connectivity index (χ0v) is 9.24. The SMILES string of the molecule is Nc1nc2c(ncn2COC(C=O)CO)c(=O)[nH]1. The quantitative estimate of drug-likeness (QED) is 0.536. The molecule has 0 aromatic carbocycles. The first-order valence-corrected chi connectivity index (χ1v) is 5.04. The van der Waals surface area contributed by atoms with Crippen molar-refractivity contribution < 1.29 is 14.6 Å². The average molecular weight is 253 g/mol. The number of ether oxygens (including phenoxy) is 1. The van der Waals surface area contributed by atoms with Crippen molar-refractivity contribution in [2.45, 2.75) is 12.8 Å². The number of fused-ring (bicyclic) bond motifs is 1. The number of imidazole rings is 1. The van der Waals surface area contributed by atoms with Gasteiger partial charge in [-0.05, 0) is 0 Å². The van der Waals surface area contributed by atoms with Crippen LogP contribution in [0.15, 0.2) is 11.1 Å². The summed E-state index contributed by atoms with van der Waals surface area (Å²) in [6.07, 6.45) is 0.890. The minimum Gasteiger partial charge on any atom is -0.393 e. The van der Waals surface area contributed by atoms with Crippen molar-refractivity contribution in [2.24, 2.45) is 0 Å². The number of hydrogen-bond acceptors (Lipinski definition) is 7.